The summed E-state index contributed by atoms with van der Waals surface area (Å²) in [6.07, 6.45) is 2.30. The predicted octanol–water partition coefficient (Wildman–Crippen LogP) is 1.99. The third-order valence-corrected chi connectivity index (χ3v) is 3.43. The van der Waals surface area contributed by atoms with Crippen molar-refractivity contribution in [1.29, 1.82) is 0 Å². The highest BCUT2D eigenvalue weighted by atomic mass is 16.5. The highest BCUT2D eigenvalue weighted by Gasteiger charge is 2.19. The molecule has 24 heavy (non-hydrogen) atoms. The fourth-order valence-electron chi connectivity index (χ4n) is 2.11. The van der Waals surface area contributed by atoms with Crippen molar-refractivity contribution in [2.45, 2.75) is 18.8 Å². The minimum Gasteiger partial charge on any atom is -0.445 e. The summed E-state index contributed by atoms with van der Waals surface area (Å²) >= 11 is 0. The molecule has 0 aromatic heterocycles. The highest BCUT2D eigenvalue weighted by Crippen LogP contribution is 2.17. The van der Waals surface area contributed by atoms with Crippen molar-refractivity contribution in [3.8, 4) is 12.3 Å². The lowest BCUT2D eigenvalue weighted by atomic mass is 10.0. The van der Waals surface area contributed by atoms with Crippen LogP contribution in [0.15, 0.2) is 54.6 Å². The number of carbonyl (C=O) groups excluding carboxylic acids is 1. The fourth-order valence-corrected chi connectivity index (χ4v) is 2.11. The number of hydrogen-bond acceptors (Lipinski definition) is 4. The number of nitrogens with one attached hydrogen (secondary N) is 1. The number of carbonyl (C=O) groups is 1. The van der Waals surface area contributed by atoms with Crippen molar-refractivity contribution in [3.63, 3.8) is 0 Å². The number of hydrogen-bond donors (Lipinski definition) is 3. The van der Waals surface area contributed by atoms with E-state index < -0.39 is 18.3 Å². The normalized spacial score (nSPS) is 12.7. The van der Waals surface area contributed by atoms with Gasteiger partial charge in [-0.25, -0.2) is 4.79 Å². The molecule has 0 spiro atoms. The number of aliphatic hydroxyl groups excluding tert-OH is 2. The molecule has 0 aliphatic carbocycles. The molecule has 2 rings (SSSR count). The zero-order valence-corrected chi connectivity index (χ0v) is 13.1. The lowest BCUT2D eigenvalue weighted by Crippen LogP contribution is -2.35. The topological polar surface area (TPSA) is 78.8 Å². The maximum atomic E-state index is 11.6. The van der Waals surface area contributed by atoms with Crippen LogP contribution in [0.5, 0.6) is 0 Å². The molecule has 0 saturated carbocycles. The van der Waals surface area contributed by atoms with Crippen LogP contribution in [0.3, 0.4) is 0 Å². The van der Waals surface area contributed by atoms with Crippen LogP contribution in [-0.4, -0.2) is 29.0 Å². The average molecular weight is 325 g/mol. The van der Waals surface area contributed by atoms with E-state index in [1.165, 1.54) is 0 Å². The van der Waals surface area contributed by atoms with Crippen molar-refractivity contribution in [2.75, 3.05) is 6.54 Å². The molecule has 2 aromatic rings. The molecule has 2 unspecified atom stereocenters. The summed E-state index contributed by atoms with van der Waals surface area (Å²) < 4.78 is 5.03. The van der Waals surface area contributed by atoms with Crippen molar-refractivity contribution in [1.82, 2.24) is 5.32 Å². The van der Waals surface area contributed by atoms with E-state index in [0.29, 0.717) is 11.1 Å². The summed E-state index contributed by atoms with van der Waals surface area (Å²) in [7, 11) is 0. The van der Waals surface area contributed by atoms with Gasteiger partial charge in [-0.05, 0) is 23.3 Å². The van der Waals surface area contributed by atoms with E-state index in [-0.39, 0.29) is 13.2 Å². The van der Waals surface area contributed by atoms with Crippen molar-refractivity contribution >= 4 is 6.09 Å². The summed E-state index contributed by atoms with van der Waals surface area (Å²) in [6.45, 7) is -0.00932. The van der Waals surface area contributed by atoms with Gasteiger partial charge >= 0.3 is 6.09 Å². The van der Waals surface area contributed by atoms with E-state index in [1.807, 2.05) is 30.3 Å². The molecule has 0 heterocycles. The van der Waals surface area contributed by atoms with Gasteiger partial charge < -0.3 is 20.3 Å². The van der Waals surface area contributed by atoms with Gasteiger partial charge in [-0.1, -0.05) is 48.4 Å². The molecule has 0 saturated heterocycles. The third-order valence-electron chi connectivity index (χ3n) is 3.43. The smallest absolute Gasteiger partial charge is 0.407 e. The SMILES string of the molecule is C#Cc1cccc(C(O)C(O)CNC(=O)OCc2ccccc2)c1. The Kier molecular flexibility index (Phi) is 6.38. The molecular formula is C19H19NO4. The van der Waals surface area contributed by atoms with E-state index in [4.69, 9.17) is 11.2 Å². The van der Waals surface area contributed by atoms with E-state index in [0.717, 1.165) is 5.56 Å². The Morgan fingerprint density at radius 2 is 1.92 bits per heavy atom. The zero-order chi connectivity index (χ0) is 17.4. The molecule has 124 valence electrons. The first kappa shape index (κ1) is 17.5. The first-order chi connectivity index (χ1) is 11.6. The minimum atomic E-state index is -1.18. The maximum absolute atomic E-state index is 11.6. The molecule has 0 radical (unpaired) electrons. The number of amides is 1. The molecule has 2 aromatic carbocycles. The Bertz CT molecular complexity index is 709. The lowest BCUT2D eigenvalue weighted by Gasteiger charge is -2.18. The fraction of sp³-hybridized carbons (Fsp3) is 0.211. The van der Waals surface area contributed by atoms with Gasteiger partial charge in [-0.2, -0.15) is 0 Å². The van der Waals surface area contributed by atoms with Crippen molar-refractivity contribution in [2.24, 2.45) is 0 Å². The van der Waals surface area contributed by atoms with E-state index >= 15 is 0 Å². The van der Waals surface area contributed by atoms with Gasteiger partial charge in [0, 0.05) is 12.1 Å². The van der Waals surface area contributed by atoms with Gasteiger partial charge in [0.25, 0.3) is 0 Å². The quantitative estimate of drug-likeness (QED) is 0.710. The summed E-state index contributed by atoms with van der Waals surface area (Å²) in [5.41, 5.74) is 1.95. The number of terminal acetylenes is 1. The molecule has 5 nitrogen and oxygen atoms in total. The molecule has 0 aliphatic rings. The second-order valence-corrected chi connectivity index (χ2v) is 5.22. The summed E-state index contributed by atoms with van der Waals surface area (Å²) in [4.78, 5) is 11.6. The number of alkyl carbamates (subject to hydrolysis) is 1. The summed E-state index contributed by atoms with van der Waals surface area (Å²) in [5, 5.41) is 22.5. The van der Waals surface area contributed by atoms with Gasteiger partial charge in [0.1, 0.15) is 18.8 Å². The van der Waals surface area contributed by atoms with Crippen LogP contribution in [0.2, 0.25) is 0 Å². The minimum absolute atomic E-state index is 0.134. The highest BCUT2D eigenvalue weighted by molar-refractivity contribution is 5.67. The lowest BCUT2D eigenvalue weighted by molar-refractivity contribution is 0.0184. The average Bonchev–Trinajstić information content (AvgIpc) is 2.64. The second-order valence-electron chi connectivity index (χ2n) is 5.22. The second kappa shape index (κ2) is 8.73. The van der Waals surface area contributed by atoms with Crippen LogP contribution in [-0.2, 0) is 11.3 Å². The maximum Gasteiger partial charge on any atom is 0.407 e. The van der Waals surface area contributed by atoms with Crippen LogP contribution in [0, 0.1) is 12.3 Å². The predicted molar refractivity (Wildman–Crippen MR) is 90.0 cm³/mol. The van der Waals surface area contributed by atoms with E-state index in [1.54, 1.807) is 24.3 Å². The first-order valence-electron chi connectivity index (χ1n) is 7.47. The molecule has 0 aliphatic heterocycles. The van der Waals surface area contributed by atoms with Crippen molar-refractivity contribution < 1.29 is 19.7 Å². The Balaban J connectivity index is 1.80. The third kappa shape index (κ3) is 5.13. The Hall–Kier alpha value is -2.81. The summed E-state index contributed by atoms with van der Waals surface area (Å²) in [5.74, 6) is 2.46. The number of ether oxygens (including phenoxy) is 1. The monoisotopic (exact) mass is 325 g/mol. The molecule has 3 N–H and O–H groups in total. The molecule has 1 amide bonds. The van der Waals surface area contributed by atoms with Gasteiger partial charge in [0.2, 0.25) is 0 Å². The van der Waals surface area contributed by atoms with Gasteiger partial charge in [0.15, 0.2) is 0 Å². The number of benzene rings is 2. The largest absolute Gasteiger partial charge is 0.445 e. The Morgan fingerprint density at radius 1 is 1.17 bits per heavy atom. The van der Waals surface area contributed by atoms with Crippen LogP contribution >= 0.6 is 0 Å². The standard InChI is InChI=1S/C19H19NO4/c1-2-14-9-6-10-16(11-14)18(22)17(21)12-20-19(23)24-13-15-7-4-3-5-8-15/h1,3-11,17-18,21-22H,12-13H2,(H,20,23). The van der Waals surface area contributed by atoms with Crippen LogP contribution < -0.4 is 5.32 Å². The molecular weight excluding hydrogens is 306 g/mol. The van der Waals surface area contributed by atoms with Gasteiger partial charge in [0.05, 0.1) is 0 Å². The Labute approximate surface area is 140 Å². The number of aliphatic hydroxyl groups is 2. The summed E-state index contributed by atoms with van der Waals surface area (Å²) in [6, 6.07) is 15.9. The first-order valence-corrected chi connectivity index (χ1v) is 7.47. The van der Waals surface area contributed by atoms with Crippen LogP contribution in [0.25, 0.3) is 0 Å². The van der Waals surface area contributed by atoms with Crippen LogP contribution in [0.1, 0.15) is 22.8 Å². The molecule has 0 fully saturated rings. The van der Waals surface area contributed by atoms with Gasteiger partial charge in [-0.3, -0.25) is 0 Å². The molecule has 5 heteroatoms. The van der Waals surface area contributed by atoms with E-state index in [2.05, 4.69) is 11.2 Å². The molecule has 2 atom stereocenters. The number of rotatable bonds is 6. The Morgan fingerprint density at radius 3 is 2.62 bits per heavy atom. The molecule has 0 bridgehead atoms. The van der Waals surface area contributed by atoms with E-state index in [9.17, 15) is 15.0 Å². The van der Waals surface area contributed by atoms with Gasteiger partial charge in [-0.15, -0.1) is 6.42 Å². The van der Waals surface area contributed by atoms with Crippen molar-refractivity contribution in [3.05, 3.63) is 71.3 Å². The van der Waals surface area contributed by atoms with Crippen LogP contribution in [0.4, 0.5) is 4.79 Å². The zero-order valence-electron chi connectivity index (χ0n) is 13.1.